The predicted molar refractivity (Wildman–Crippen MR) is 51.7 cm³/mol. The van der Waals surface area contributed by atoms with E-state index in [2.05, 4.69) is 11.2 Å². The molecule has 0 atom stereocenters. The Labute approximate surface area is 77.2 Å². The first-order chi connectivity index (χ1) is 6.40. The molecule has 0 saturated heterocycles. The zero-order valence-electron chi connectivity index (χ0n) is 7.45. The van der Waals surface area contributed by atoms with Gasteiger partial charge in [-0.3, -0.25) is 0 Å². The molecule has 0 saturated carbocycles. The van der Waals surface area contributed by atoms with Gasteiger partial charge in [0.05, 0.1) is 12.1 Å². The number of pyridine rings is 1. The molecule has 0 spiro atoms. The first-order valence-electron chi connectivity index (χ1n) is 4.30. The van der Waals surface area contributed by atoms with Gasteiger partial charge in [0, 0.05) is 5.39 Å². The zero-order chi connectivity index (χ0) is 9.10. The fourth-order valence-corrected chi connectivity index (χ4v) is 1.23. The van der Waals surface area contributed by atoms with Crippen LogP contribution in [0.2, 0.25) is 0 Å². The van der Waals surface area contributed by atoms with E-state index in [1.807, 2.05) is 37.3 Å². The molecule has 2 heteroatoms. The van der Waals surface area contributed by atoms with E-state index in [0.29, 0.717) is 12.4 Å². The largest absolute Gasteiger partial charge is 0.492 e. The first kappa shape index (κ1) is 8.05. The van der Waals surface area contributed by atoms with Crippen molar-refractivity contribution >= 4 is 10.9 Å². The van der Waals surface area contributed by atoms with Gasteiger partial charge in [-0.2, -0.15) is 0 Å². The van der Waals surface area contributed by atoms with Crippen molar-refractivity contribution in [2.75, 3.05) is 6.61 Å². The highest BCUT2D eigenvalue weighted by Crippen LogP contribution is 2.16. The van der Waals surface area contributed by atoms with Crippen molar-refractivity contribution < 1.29 is 4.74 Å². The van der Waals surface area contributed by atoms with Crippen molar-refractivity contribution in [1.29, 1.82) is 0 Å². The molecule has 0 unspecified atom stereocenters. The highest BCUT2D eigenvalue weighted by molar-refractivity contribution is 5.79. The third-order valence-electron chi connectivity index (χ3n) is 1.81. The Morgan fingerprint density at radius 3 is 3.08 bits per heavy atom. The molecule has 0 fully saturated rings. The van der Waals surface area contributed by atoms with E-state index in [0.717, 1.165) is 10.9 Å². The highest BCUT2D eigenvalue weighted by atomic mass is 16.5. The lowest BCUT2D eigenvalue weighted by molar-refractivity contribution is 0.338. The predicted octanol–water partition coefficient (Wildman–Crippen LogP) is 2.43. The van der Waals surface area contributed by atoms with Gasteiger partial charge >= 0.3 is 0 Å². The number of fused-ring (bicyclic) bond motifs is 1. The Bertz CT molecular complexity index is 412. The Hall–Kier alpha value is -1.57. The van der Waals surface area contributed by atoms with Crippen LogP contribution >= 0.6 is 0 Å². The number of para-hydroxylation sites is 1. The molecule has 2 nitrogen and oxygen atoms in total. The SMILES string of the molecule is CCOc1[c]nc2ccccc2c1. The van der Waals surface area contributed by atoms with Crippen LogP contribution in [0.5, 0.6) is 5.75 Å². The molecule has 65 valence electrons. The number of ether oxygens (including phenoxy) is 1. The Morgan fingerprint density at radius 1 is 1.38 bits per heavy atom. The van der Waals surface area contributed by atoms with Gasteiger partial charge < -0.3 is 4.74 Å². The van der Waals surface area contributed by atoms with Gasteiger partial charge in [0.15, 0.2) is 0 Å². The number of benzene rings is 1. The summed E-state index contributed by atoms with van der Waals surface area (Å²) < 4.78 is 5.30. The summed E-state index contributed by atoms with van der Waals surface area (Å²) in [7, 11) is 0. The van der Waals surface area contributed by atoms with Gasteiger partial charge in [0.25, 0.3) is 0 Å². The first-order valence-corrected chi connectivity index (χ1v) is 4.30. The molecule has 2 rings (SSSR count). The van der Waals surface area contributed by atoms with Gasteiger partial charge in [-0.1, -0.05) is 18.2 Å². The fourth-order valence-electron chi connectivity index (χ4n) is 1.23. The molecule has 1 radical (unpaired) electrons. The number of hydrogen-bond acceptors (Lipinski definition) is 2. The van der Waals surface area contributed by atoms with Gasteiger partial charge in [0.1, 0.15) is 11.9 Å². The van der Waals surface area contributed by atoms with Gasteiger partial charge in [-0.05, 0) is 19.1 Å². The Kier molecular flexibility index (Phi) is 2.13. The summed E-state index contributed by atoms with van der Waals surface area (Å²) in [4.78, 5) is 4.15. The molecule has 0 aliphatic rings. The van der Waals surface area contributed by atoms with Crippen LogP contribution in [0.15, 0.2) is 30.3 Å². The zero-order valence-corrected chi connectivity index (χ0v) is 7.45. The van der Waals surface area contributed by atoms with Crippen molar-refractivity contribution in [2.24, 2.45) is 0 Å². The van der Waals surface area contributed by atoms with Crippen LogP contribution in [0.25, 0.3) is 10.9 Å². The van der Waals surface area contributed by atoms with E-state index >= 15 is 0 Å². The Balaban J connectivity index is 2.49. The van der Waals surface area contributed by atoms with E-state index < -0.39 is 0 Å². The van der Waals surface area contributed by atoms with Crippen molar-refractivity contribution in [3.05, 3.63) is 36.5 Å². The van der Waals surface area contributed by atoms with Gasteiger partial charge in [-0.25, -0.2) is 4.98 Å². The summed E-state index contributed by atoms with van der Waals surface area (Å²) in [5.41, 5.74) is 0.950. The molecule has 0 N–H and O–H groups in total. The van der Waals surface area contributed by atoms with Crippen LogP contribution in [-0.2, 0) is 0 Å². The summed E-state index contributed by atoms with van der Waals surface area (Å²) in [5.74, 6) is 0.709. The quantitative estimate of drug-likeness (QED) is 0.694. The average Bonchev–Trinajstić information content (AvgIpc) is 2.18. The lowest BCUT2D eigenvalue weighted by Gasteiger charge is -2.02. The maximum atomic E-state index is 5.30. The molecular weight excluding hydrogens is 162 g/mol. The number of aromatic nitrogens is 1. The standard InChI is InChI=1S/C11H10NO/c1-2-13-10-7-9-5-3-4-6-11(9)12-8-10/h3-7H,2H2,1H3. The second kappa shape index (κ2) is 3.44. The van der Waals surface area contributed by atoms with Crippen molar-refractivity contribution in [2.45, 2.75) is 6.92 Å². The van der Waals surface area contributed by atoms with E-state index in [1.165, 1.54) is 0 Å². The molecule has 13 heavy (non-hydrogen) atoms. The maximum absolute atomic E-state index is 5.30. The molecule has 0 bridgehead atoms. The average molecular weight is 172 g/mol. The van der Waals surface area contributed by atoms with Crippen LogP contribution < -0.4 is 4.74 Å². The second-order valence-corrected chi connectivity index (χ2v) is 2.72. The molecular formula is C11H10NO. The minimum atomic E-state index is 0.649. The molecule has 0 amide bonds. The fraction of sp³-hybridized carbons (Fsp3) is 0.182. The summed E-state index contributed by atoms with van der Waals surface area (Å²) in [6.07, 6.45) is 2.84. The summed E-state index contributed by atoms with van der Waals surface area (Å²) in [5, 5.41) is 1.09. The molecule has 0 aliphatic heterocycles. The van der Waals surface area contributed by atoms with Crippen LogP contribution in [0.4, 0.5) is 0 Å². The monoisotopic (exact) mass is 172 g/mol. The van der Waals surface area contributed by atoms with Gasteiger partial charge in [-0.15, -0.1) is 0 Å². The maximum Gasteiger partial charge on any atom is 0.147 e. The topological polar surface area (TPSA) is 22.1 Å². The van der Waals surface area contributed by atoms with Crippen molar-refractivity contribution in [3.63, 3.8) is 0 Å². The van der Waals surface area contributed by atoms with Crippen LogP contribution in [0.1, 0.15) is 6.92 Å². The van der Waals surface area contributed by atoms with E-state index in [-0.39, 0.29) is 0 Å². The van der Waals surface area contributed by atoms with Crippen molar-refractivity contribution in [3.8, 4) is 5.75 Å². The lowest BCUT2D eigenvalue weighted by Crippen LogP contribution is -1.92. The van der Waals surface area contributed by atoms with E-state index in [9.17, 15) is 0 Å². The molecule has 1 aromatic carbocycles. The highest BCUT2D eigenvalue weighted by Gasteiger charge is 1.96. The molecule has 2 aromatic rings. The minimum absolute atomic E-state index is 0.649. The van der Waals surface area contributed by atoms with Crippen molar-refractivity contribution in [1.82, 2.24) is 4.98 Å². The van der Waals surface area contributed by atoms with E-state index in [4.69, 9.17) is 4.74 Å². The third kappa shape index (κ3) is 1.61. The number of nitrogens with zero attached hydrogens (tertiary/aromatic N) is 1. The summed E-state index contributed by atoms with van der Waals surface area (Å²) in [6.45, 7) is 2.60. The molecule has 1 heterocycles. The smallest absolute Gasteiger partial charge is 0.147 e. The third-order valence-corrected chi connectivity index (χ3v) is 1.81. The minimum Gasteiger partial charge on any atom is -0.492 e. The van der Waals surface area contributed by atoms with Crippen LogP contribution in [-0.4, -0.2) is 11.6 Å². The number of rotatable bonds is 2. The van der Waals surface area contributed by atoms with E-state index in [1.54, 1.807) is 0 Å². The van der Waals surface area contributed by atoms with Crippen LogP contribution in [0, 0.1) is 6.20 Å². The lowest BCUT2D eigenvalue weighted by atomic mass is 10.2. The second-order valence-electron chi connectivity index (χ2n) is 2.72. The normalized spacial score (nSPS) is 10.2. The van der Waals surface area contributed by atoms with Gasteiger partial charge in [0.2, 0.25) is 0 Å². The Morgan fingerprint density at radius 2 is 2.23 bits per heavy atom. The van der Waals surface area contributed by atoms with Crippen LogP contribution in [0.3, 0.4) is 0 Å². The summed E-state index contributed by atoms with van der Waals surface area (Å²) in [6, 6.07) is 9.87. The number of hydrogen-bond donors (Lipinski definition) is 0. The molecule has 1 aromatic heterocycles. The summed E-state index contributed by atoms with van der Waals surface area (Å²) >= 11 is 0. The molecule has 0 aliphatic carbocycles.